The van der Waals surface area contributed by atoms with Gasteiger partial charge in [0.05, 0.1) is 0 Å². The van der Waals surface area contributed by atoms with Crippen LogP contribution in [0.15, 0.2) is 30.3 Å². The lowest BCUT2D eigenvalue weighted by molar-refractivity contribution is -0.140. The summed E-state index contributed by atoms with van der Waals surface area (Å²) in [6.45, 7) is 4.96. The topological polar surface area (TPSA) is 65.1 Å². The maximum absolute atomic E-state index is 12.5. The molecule has 4 rings (SSSR count). The van der Waals surface area contributed by atoms with Crippen LogP contribution in [0.5, 0.6) is 11.5 Å². The summed E-state index contributed by atoms with van der Waals surface area (Å²) in [4.78, 5) is 28.2. The third-order valence-corrected chi connectivity index (χ3v) is 6.56. The zero-order chi connectivity index (χ0) is 20.4. The zero-order valence-electron chi connectivity index (χ0n) is 16.7. The van der Waals surface area contributed by atoms with Crippen molar-refractivity contribution in [2.75, 3.05) is 19.8 Å². The van der Waals surface area contributed by atoms with Crippen molar-refractivity contribution in [3.8, 4) is 21.9 Å². The number of esters is 1. The summed E-state index contributed by atoms with van der Waals surface area (Å²) in [5.41, 5.74) is 0.949. The third kappa shape index (κ3) is 4.24. The van der Waals surface area contributed by atoms with Crippen molar-refractivity contribution < 1.29 is 23.8 Å². The van der Waals surface area contributed by atoms with Gasteiger partial charge in [0.15, 0.2) is 18.1 Å². The summed E-state index contributed by atoms with van der Waals surface area (Å²) in [7, 11) is 0. The molecule has 1 amide bonds. The van der Waals surface area contributed by atoms with Crippen LogP contribution in [-0.4, -0.2) is 48.7 Å². The van der Waals surface area contributed by atoms with Gasteiger partial charge in [-0.25, -0.2) is 4.79 Å². The highest BCUT2D eigenvalue weighted by Gasteiger charge is 2.29. The molecular formula is C22H25NO5S. The quantitative estimate of drug-likeness (QED) is 0.703. The van der Waals surface area contributed by atoms with E-state index in [0.29, 0.717) is 23.8 Å². The van der Waals surface area contributed by atoms with Crippen LogP contribution in [0.3, 0.4) is 0 Å². The van der Waals surface area contributed by atoms with Crippen LogP contribution in [0.4, 0.5) is 0 Å². The summed E-state index contributed by atoms with van der Waals surface area (Å²) in [5, 5.41) is 0. The minimum absolute atomic E-state index is 0.123. The predicted octanol–water partition coefficient (Wildman–Crippen LogP) is 4.13. The Hall–Kier alpha value is -2.54. The molecule has 2 atom stereocenters. The molecule has 0 radical (unpaired) electrons. The van der Waals surface area contributed by atoms with Crippen LogP contribution in [0, 0.1) is 0 Å². The fraction of sp³-hybridized carbons (Fsp3) is 0.455. The van der Waals surface area contributed by atoms with E-state index in [4.69, 9.17) is 14.2 Å². The van der Waals surface area contributed by atoms with Gasteiger partial charge in [0, 0.05) is 17.0 Å². The maximum Gasteiger partial charge on any atom is 0.348 e. The normalized spacial score (nSPS) is 21.0. The standard InChI is InChI=1S/C22H25NO5S/c1-14-4-3-5-15(2)23(14)21(24)13-28-22(25)20-9-8-19(29-20)16-6-7-17-18(12-16)27-11-10-26-17/h6-9,12,14-15H,3-5,10-11,13H2,1-2H3. The summed E-state index contributed by atoms with van der Waals surface area (Å²) < 4.78 is 16.5. The number of rotatable bonds is 4. The number of carbonyl (C=O) groups excluding carboxylic acids is 2. The van der Waals surface area contributed by atoms with Crippen LogP contribution in [0.25, 0.3) is 10.4 Å². The molecule has 2 unspecified atom stereocenters. The average Bonchev–Trinajstić information content (AvgIpc) is 3.22. The smallest absolute Gasteiger partial charge is 0.348 e. The van der Waals surface area contributed by atoms with Gasteiger partial charge in [-0.2, -0.15) is 0 Å². The molecule has 154 valence electrons. The van der Waals surface area contributed by atoms with Gasteiger partial charge in [0.1, 0.15) is 18.1 Å². The molecule has 0 bridgehead atoms. The van der Waals surface area contributed by atoms with Crippen molar-refractivity contribution in [1.29, 1.82) is 0 Å². The lowest BCUT2D eigenvalue weighted by Gasteiger charge is -2.38. The lowest BCUT2D eigenvalue weighted by atomic mass is 9.97. The Balaban J connectivity index is 1.39. The highest BCUT2D eigenvalue weighted by molar-refractivity contribution is 7.17. The molecule has 2 aliphatic rings. The molecule has 2 aliphatic heterocycles. The fourth-order valence-corrected chi connectivity index (χ4v) is 4.88. The second kappa shape index (κ2) is 8.45. The molecule has 6 nitrogen and oxygen atoms in total. The maximum atomic E-state index is 12.5. The minimum atomic E-state index is -0.468. The van der Waals surface area contributed by atoms with Gasteiger partial charge in [0.25, 0.3) is 5.91 Å². The Morgan fingerprint density at radius 3 is 2.55 bits per heavy atom. The lowest BCUT2D eigenvalue weighted by Crippen LogP contribution is -2.49. The predicted molar refractivity (Wildman–Crippen MR) is 111 cm³/mol. The van der Waals surface area contributed by atoms with E-state index in [9.17, 15) is 9.59 Å². The molecule has 1 aromatic carbocycles. The Morgan fingerprint density at radius 2 is 1.79 bits per heavy atom. The van der Waals surface area contributed by atoms with E-state index in [0.717, 1.165) is 35.5 Å². The number of carbonyl (C=O) groups is 2. The fourth-order valence-electron chi connectivity index (χ4n) is 3.99. The van der Waals surface area contributed by atoms with Gasteiger partial charge in [-0.3, -0.25) is 4.79 Å². The molecule has 0 spiro atoms. The minimum Gasteiger partial charge on any atom is -0.486 e. The van der Waals surface area contributed by atoms with Gasteiger partial charge in [-0.05, 0) is 69.0 Å². The summed E-state index contributed by atoms with van der Waals surface area (Å²) >= 11 is 1.34. The van der Waals surface area contributed by atoms with Gasteiger partial charge >= 0.3 is 5.97 Å². The van der Waals surface area contributed by atoms with Crippen LogP contribution in [0.1, 0.15) is 42.8 Å². The van der Waals surface area contributed by atoms with Crippen molar-refractivity contribution in [3.05, 3.63) is 35.2 Å². The number of fused-ring (bicyclic) bond motifs is 1. The van der Waals surface area contributed by atoms with Crippen LogP contribution in [-0.2, 0) is 9.53 Å². The summed E-state index contributed by atoms with van der Waals surface area (Å²) in [6.07, 6.45) is 3.12. The van der Waals surface area contributed by atoms with Crippen molar-refractivity contribution in [1.82, 2.24) is 4.90 Å². The zero-order valence-corrected chi connectivity index (χ0v) is 17.5. The molecule has 1 saturated heterocycles. The van der Waals surface area contributed by atoms with E-state index in [1.165, 1.54) is 11.3 Å². The first kappa shape index (κ1) is 19.8. The number of likely N-dealkylation sites (tertiary alicyclic amines) is 1. The summed E-state index contributed by atoms with van der Waals surface area (Å²) in [5.74, 6) is 0.851. The molecule has 0 aliphatic carbocycles. The van der Waals surface area contributed by atoms with E-state index in [1.807, 2.05) is 43.0 Å². The largest absolute Gasteiger partial charge is 0.486 e. The van der Waals surface area contributed by atoms with Crippen molar-refractivity contribution in [2.45, 2.75) is 45.2 Å². The number of thiophene rings is 1. The molecule has 0 N–H and O–H groups in total. The van der Waals surface area contributed by atoms with E-state index in [-0.39, 0.29) is 24.6 Å². The molecule has 7 heteroatoms. The number of nitrogens with zero attached hydrogens (tertiary/aromatic N) is 1. The van der Waals surface area contributed by atoms with E-state index < -0.39 is 5.97 Å². The highest BCUT2D eigenvalue weighted by atomic mass is 32.1. The first-order chi connectivity index (χ1) is 14.0. The number of hydrogen-bond acceptors (Lipinski definition) is 6. The SMILES string of the molecule is CC1CCCC(C)N1C(=O)COC(=O)c1ccc(-c2ccc3c(c2)OCCO3)s1. The van der Waals surface area contributed by atoms with Crippen molar-refractivity contribution >= 4 is 23.2 Å². The van der Waals surface area contributed by atoms with Crippen LogP contribution < -0.4 is 9.47 Å². The molecule has 29 heavy (non-hydrogen) atoms. The van der Waals surface area contributed by atoms with Gasteiger partial charge in [0.2, 0.25) is 0 Å². The molecule has 1 fully saturated rings. The van der Waals surface area contributed by atoms with Gasteiger partial charge < -0.3 is 19.1 Å². The van der Waals surface area contributed by atoms with Crippen molar-refractivity contribution in [2.24, 2.45) is 0 Å². The second-order valence-corrected chi connectivity index (χ2v) is 8.61. The number of benzene rings is 1. The number of hydrogen-bond donors (Lipinski definition) is 0. The molecule has 1 aromatic heterocycles. The van der Waals surface area contributed by atoms with E-state index >= 15 is 0 Å². The Kier molecular flexibility index (Phi) is 5.76. The van der Waals surface area contributed by atoms with Crippen molar-refractivity contribution in [3.63, 3.8) is 0 Å². The third-order valence-electron chi connectivity index (χ3n) is 5.44. The van der Waals surface area contributed by atoms with Gasteiger partial charge in [-0.15, -0.1) is 11.3 Å². The van der Waals surface area contributed by atoms with Crippen LogP contribution in [0.2, 0.25) is 0 Å². The first-order valence-corrected chi connectivity index (χ1v) is 10.8. The Morgan fingerprint density at radius 1 is 1.07 bits per heavy atom. The number of piperidine rings is 1. The van der Waals surface area contributed by atoms with Crippen LogP contribution >= 0.6 is 11.3 Å². The number of ether oxygens (including phenoxy) is 3. The highest BCUT2D eigenvalue weighted by Crippen LogP contribution is 2.37. The first-order valence-electron chi connectivity index (χ1n) is 10.0. The summed E-state index contributed by atoms with van der Waals surface area (Å²) in [6, 6.07) is 9.72. The molecular weight excluding hydrogens is 390 g/mol. The van der Waals surface area contributed by atoms with E-state index in [2.05, 4.69) is 0 Å². The number of amides is 1. The molecule has 0 saturated carbocycles. The Labute approximate surface area is 174 Å². The molecule has 2 aromatic rings. The monoisotopic (exact) mass is 415 g/mol. The van der Waals surface area contributed by atoms with E-state index in [1.54, 1.807) is 6.07 Å². The average molecular weight is 416 g/mol. The van der Waals surface area contributed by atoms with Gasteiger partial charge in [-0.1, -0.05) is 0 Å². The second-order valence-electron chi connectivity index (χ2n) is 7.53. The molecule has 3 heterocycles. The Bertz CT molecular complexity index is 898.